The van der Waals surface area contributed by atoms with E-state index in [4.69, 9.17) is 14.4 Å². The van der Waals surface area contributed by atoms with Crippen molar-refractivity contribution in [3.8, 4) is 22.6 Å². The number of amidine groups is 1. The van der Waals surface area contributed by atoms with Gasteiger partial charge in [0.2, 0.25) is 5.13 Å². The Morgan fingerprint density at radius 2 is 1.90 bits per heavy atom. The van der Waals surface area contributed by atoms with Crippen LogP contribution in [0.15, 0.2) is 80.4 Å². The minimum atomic E-state index is -0.411. The minimum absolute atomic E-state index is 0.0175. The van der Waals surface area contributed by atoms with Gasteiger partial charge in [-0.15, -0.1) is 11.3 Å². The number of thioether (sulfide) groups is 1. The monoisotopic (exact) mass is 570 g/mol. The minimum Gasteiger partial charge on any atom is -0.456 e. The summed E-state index contributed by atoms with van der Waals surface area (Å²) in [5.74, 6) is 0.726. The van der Waals surface area contributed by atoms with Crippen LogP contribution in [0.4, 0.5) is 10.8 Å². The number of carbonyl (C=O) groups is 1. The molecular weight excluding hydrogens is 544 g/mol. The van der Waals surface area contributed by atoms with E-state index in [0.29, 0.717) is 32.3 Å². The summed E-state index contributed by atoms with van der Waals surface area (Å²) in [5, 5.41) is 14.8. The molecule has 4 aromatic rings. The molecule has 202 valence electrons. The maximum atomic E-state index is 13.7. The molecule has 0 unspecified atom stereocenters. The Kier molecular flexibility index (Phi) is 7.36. The van der Waals surface area contributed by atoms with Crippen molar-refractivity contribution in [3.05, 3.63) is 92.4 Å². The van der Waals surface area contributed by atoms with Gasteiger partial charge in [-0.1, -0.05) is 55.7 Å². The highest BCUT2D eigenvalue weighted by atomic mass is 32.2. The standard InChI is InChI=1S/C30H26N4O4S2/c1-19-12-14-23(25(16-19)34(36)37)26-15-13-22(38-26)17-27-28(35)33(21-10-6-3-7-11-21)30(40-27)32-29-31-24(18-39-29)20-8-4-2-5-9-20/h2,4-5,8-9,12-18,21H,3,6-7,10-11H2,1H3/b27-17+,32-30+. The van der Waals surface area contributed by atoms with Gasteiger partial charge < -0.3 is 4.42 Å². The number of furan rings is 1. The van der Waals surface area contributed by atoms with E-state index in [1.165, 1.54) is 35.6 Å². The Labute approximate surface area is 239 Å². The number of aliphatic imine (C=N–C) groups is 1. The molecule has 0 bridgehead atoms. The normalized spacial score (nSPS) is 18.2. The largest absolute Gasteiger partial charge is 0.456 e. The van der Waals surface area contributed by atoms with Crippen LogP contribution in [0.25, 0.3) is 28.7 Å². The molecule has 2 fully saturated rings. The molecule has 0 spiro atoms. The molecule has 0 radical (unpaired) electrons. The summed E-state index contributed by atoms with van der Waals surface area (Å²) in [4.78, 5) is 36.8. The Bertz CT molecular complexity index is 1630. The number of thiazole rings is 1. The van der Waals surface area contributed by atoms with E-state index in [-0.39, 0.29) is 17.6 Å². The van der Waals surface area contributed by atoms with Gasteiger partial charge >= 0.3 is 0 Å². The molecule has 2 aromatic heterocycles. The van der Waals surface area contributed by atoms with E-state index in [9.17, 15) is 14.9 Å². The second-order valence-corrected chi connectivity index (χ2v) is 11.7. The zero-order valence-corrected chi connectivity index (χ0v) is 23.4. The third-order valence-corrected chi connectivity index (χ3v) is 8.76. The van der Waals surface area contributed by atoms with Crippen LogP contribution in [0.5, 0.6) is 0 Å². The first-order valence-electron chi connectivity index (χ1n) is 13.1. The second-order valence-electron chi connectivity index (χ2n) is 9.83. The van der Waals surface area contributed by atoms with E-state index in [0.717, 1.165) is 42.5 Å². The highest BCUT2D eigenvalue weighted by Crippen LogP contribution is 2.40. The fraction of sp³-hybridized carbons (Fsp3) is 0.233. The van der Waals surface area contributed by atoms with E-state index in [1.54, 1.807) is 24.3 Å². The molecule has 2 aliphatic rings. The van der Waals surface area contributed by atoms with E-state index >= 15 is 0 Å². The molecule has 1 aliphatic heterocycles. The topological polar surface area (TPSA) is 102 Å². The molecular formula is C30H26N4O4S2. The number of amides is 1. The summed E-state index contributed by atoms with van der Waals surface area (Å²) in [6.45, 7) is 1.81. The smallest absolute Gasteiger partial charge is 0.280 e. The van der Waals surface area contributed by atoms with Gasteiger partial charge in [0.05, 0.1) is 21.1 Å². The summed E-state index contributed by atoms with van der Waals surface area (Å²) in [6, 6.07) is 18.5. The molecule has 1 saturated heterocycles. The summed E-state index contributed by atoms with van der Waals surface area (Å²) in [5.41, 5.74) is 3.05. The lowest BCUT2D eigenvalue weighted by molar-refractivity contribution is -0.384. The molecule has 6 rings (SSSR count). The van der Waals surface area contributed by atoms with Crippen LogP contribution in [0, 0.1) is 17.0 Å². The van der Waals surface area contributed by atoms with Crippen molar-refractivity contribution >= 4 is 51.1 Å². The van der Waals surface area contributed by atoms with E-state index in [1.807, 2.05) is 53.6 Å². The van der Waals surface area contributed by atoms with E-state index < -0.39 is 4.92 Å². The van der Waals surface area contributed by atoms with Crippen LogP contribution in [0.3, 0.4) is 0 Å². The number of nitro benzene ring substituents is 1. The number of nitrogens with zero attached hydrogens (tertiary/aromatic N) is 4. The molecule has 1 aliphatic carbocycles. The van der Waals surface area contributed by atoms with Crippen LogP contribution in [-0.2, 0) is 4.79 Å². The molecule has 2 aromatic carbocycles. The number of hydrogen-bond acceptors (Lipinski definition) is 8. The lowest BCUT2D eigenvalue weighted by Gasteiger charge is -2.30. The van der Waals surface area contributed by atoms with Crippen LogP contribution >= 0.6 is 23.1 Å². The molecule has 1 amide bonds. The number of hydrogen-bond donors (Lipinski definition) is 0. The molecule has 0 N–H and O–H groups in total. The van der Waals surface area contributed by atoms with Crippen LogP contribution in [0.1, 0.15) is 43.4 Å². The van der Waals surface area contributed by atoms with Crippen molar-refractivity contribution in [2.24, 2.45) is 4.99 Å². The second kappa shape index (κ2) is 11.2. The maximum absolute atomic E-state index is 13.7. The van der Waals surface area contributed by atoms with Crippen molar-refractivity contribution in [3.63, 3.8) is 0 Å². The van der Waals surface area contributed by atoms with Crippen molar-refractivity contribution in [1.29, 1.82) is 0 Å². The number of aryl methyl sites for hydroxylation is 1. The fourth-order valence-electron chi connectivity index (χ4n) is 5.07. The number of rotatable bonds is 6. The maximum Gasteiger partial charge on any atom is 0.280 e. The van der Waals surface area contributed by atoms with Gasteiger partial charge in [0.25, 0.3) is 11.6 Å². The molecule has 40 heavy (non-hydrogen) atoms. The predicted octanol–water partition coefficient (Wildman–Crippen LogP) is 8.22. The van der Waals surface area contributed by atoms with Gasteiger partial charge in [0.1, 0.15) is 11.5 Å². The highest BCUT2D eigenvalue weighted by Gasteiger charge is 2.39. The summed E-state index contributed by atoms with van der Waals surface area (Å²) in [7, 11) is 0. The highest BCUT2D eigenvalue weighted by molar-refractivity contribution is 8.18. The number of nitro groups is 1. The van der Waals surface area contributed by atoms with Gasteiger partial charge in [-0.3, -0.25) is 19.8 Å². The number of aromatic nitrogens is 1. The van der Waals surface area contributed by atoms with Crippen LogP contribution in [0.2, 0.25) is 0 Å². The quantitative estimate of drug-likeness (QED) is 0.131. The van der Waals surface area contributed by atoms with Gasteiger partial charge in [0, 0.05) is 29.1 Å². The molecule has 8 nitrogen and oxygen atoms in total. The lowest BCUT2D eigenvalue weighted by atomic mass is 9.94. The Morgan fingerprint density at radius 3 is 2.67 bits per heavy atom. The van der Waals surface area contributed by atoms with Gasteiger partial charge in [-0.05, 0) is 55.3 Å². The Morgan fingerprint density at radius 1 is 1.10 bits per heavy atom. The van der Waals surface area contributed by atoms with Crippen LogP contribution in [-0.4, -0.2) is 31.9 Å². The van der Waals surface area contributed by atoms with Crippen molar-refractivity contribution in [2.75, 3.05) is 0 Å². The van der Waals surface area contributed by atoms with Crippen LogP contribution < -0.4 is 0 Å². The molecule has 10 heteroatoms. The molecule has 3 heterocycles. The predicted molar refractivity (Wildman–Crippen MR) is 159 cm³/mol. The van der Waals surface area contributed by atoms with Crippen molar-refractivity contribution in [1.82, 2.24) is 9.88 Å². The Hall–Kier alpha value is -4.02. The van der Waals surface area contributed by atoms with Gasteiger partial charge in [-0.25, -0.2) is 4.98 Å². The SMILES string of the molecule is Cc1ccc(-c2ccc(/C=C3/S/C(=N/c4nc(-c5ccccc5)cs4)N(C4CCCCC4)C3=O)o2)c([N+](=O)[O-])c1. The first-order chi connectivity index (χ1) is 19.5. The zero-order chi connectivity index (χ0) is 27.6. The summed E-state index contributed by atoms with van der Waals surface area (Å²) in [6.07, 6.45) is 6.91. The summed E-state index contributed by atoms with van der Waals surface area (Å²) >= 11 is 2.77. The number of carbonyl (C=O) groups excluding carboxylic acids is 1. The number of benzene rings is 2. The molecule has 0 atom stereocenters. The summed E-state index contributed by atoms with van der Waals surface area (Å²) < 4.78 is 5.98. The average Bonchev–Trinajstić information content (AvgIpc) is 3.70. The van der Waals surface area contributed by atoms with Crippen molar-refractivity contribution < 1.29 is 14.1 Å². The Balaban J connectivity index is 1.32. The van der Waals surface area contributed by atoms with Gasteiger partial charge in [0.15, 0.2) is 5.17 Å². The van der Waals surface area contributed by atoms with Gasteiger partial charge in [-0.2, -0.15) is 4.99 Å². The van der Waals surface area contributed by atoms with Crippen molar-refractivity contribution in [2.45, 2.75) is 45.1 Å². The zero-order valence-electron chi connectivity index (χ0n) is 21.8. The average molecular weight is 571 g/mol. The first-order valence-corrected chi connectivity index (χ1v) is 14.8. The fourth-order valence-corrected chi connectivity index (χ4v) is 6.84. The first kappa shape index (κ1) is 26.2. The third-order valence-electron chi connectivity index (χ3n) is 7.05. The third kappa shape index (κ3) is 5.37. The van der Waals surface area contributed by atoms with E-state index in [2.05, 4.69) is 0 Å². The lowest BCUT2D eigenvalue weighted by Crippen LogP contribution is -2.40. The molecule has 1 saturated carbocycles.